The molecule has 0 saturated heterocycles. The van der Waals surface area contributed by atoms with Gasteiger partial charge in [-0.1, -0.05) is 29.8 Å². The molecule has 1 amide bonds. The monoisotopic (exact) mass is 335 g/mol. The average Bonchev–Trinajstić information content (AvgIpc) is 3.07. The fraction of sp³-hybridized carbons (Fsp3) is 0.250. The van der Waals surface area contributed by atoms with E-state index in [4.69, 9.17) is 16.3 Å². The number of anilines is 1. The van der Waals surface area contributed by atoms with E-state index in [1.165, 1.54) is 0 Å². The Bertz CT molecular complexity index is 728. The Hall–Kier alpha value is -1.85. The maximum Gasteiger partial charge on any atom is 0.348 e. The molecule has 3 rings (SSSR count). The van der Waals surface area contributed by atoms with Crippen LogP contribution in [0.2, 0.25) is 4.34 Å². The van der Waals surface area contributed by atoms with E-state index in [9.17, 15) is 9.59 Å². The molecule has 0 aliphatic carbocycles. The summed E-state index contributed by atoms with van der Waals surface area (Å²) in [5, 5.41) is 0. The first-order valence-electron chi connectivity index (χ1n) is 6.88. The topological polar surface area (TPSA) is 46.6 Å². The molecule has 1 aromatic heterocycles. The van der Waals surface area contributed by atoms with E-state index in [-0.39, 0.29) is 18.6 Å². The van der Waals surface area contributed by atoms with Gasteiger partial charge in [0.1, 0.15) is 4.88 Å². The van der Waals surface area contributed by atoms with E-state index >= 15 is 0 Å². The molecule has 6 heteroatoms. The van der Waals surface area contributed by atoms with Crippen LogP contribution < -0.4 is 4.90 Å². The van der Waals surface area contributed by atoms with Gasteiger partial charge in [0, 0.05) is 11.7 Å². The molecule has 22 heavy (non-hydrogen) atoms. The summed E-state index contributed by atoms with van der Waals surface area (Å²) >= 11 is 6.92. The smallest absolute Gasteiger partial charge is 0.348 e. The molecule has 1 atom stereocenters. The maximum absolute atomic E-state index is 12.4. The van der Waals surface area contributed by atoms with E-state index in [0.29, 0.717) is 9.21 Å². The second-order valence-electron chi connectivity index (χ2n) is 5.13. The van der Waals surface area contributed by atoms with Crippen molar-refractivity contribution in [2.75, 3.05) is 11.5 Å². The molecule has 1 aliphatic heterocycles. The van der Waals surface area contributed by atoms with Crippen molar-refractivity contribution >= 4 is 40.5 Å². The molecule has 0 bridgehead atoms. The first-order valence-corrected chi connectivity index (χ1v) is 8.08. The van der Waals surface area contributed by atoms with Gasteiger partial charge in [-0.3, -0.25) is 4.79 Å². The molecule has 114 valence electrons. The lowest BCUT2D eigenvalue weighted by molar-refractivity contribution is -0.122. The van der Waals surface area contributed by atoms with Gasteiger partial charge in [0.25, 0.3) is 5.91 Å². The Morgan fingerprint density at radius 3 is 2.82 bits per heavy atom. The molecular formula is C16H14ClNO3S. The number of nitrogens with zero attached hydrogens (tertiary/aromatic N) is 1. The summed E-state index contributed by atoms with van der Waals surface area (Å²) in [5.41, 5.74) is 2.04. The normalized spacial score (nSPS) is 16.5. The van der Waals surface area contributed by atoms with Crippen LogP contribution in [-0.4, -0.2) is 24.5 Å². The van der Waals surface area contributed by atoms with Gasteiger partial charge in [-0.2, -0.15) is 0 Å². The predicted octanol–water partition coefficient (Wildman–Crippen LogP) is 3.54. The Morgan fingerprint density at radius 1 is 1.32 bits per heavy atom. The van der Waals surface area contributed by atoms with Crippen LogP contribution in [0.3, 0.4) is 0 Å². The standard InChI is InChI=1S/C16H14ClNO3S/c1-10-8-11-4-2-3-5-12(11)18(10)15(19)9-21-16(20)13-6-7-14(17)22-13/h2-7,10H,8-9H2,1H3/t10-/m0/s1. The van der Waals surface area contributed by atoms with Crippen molar-refractivity contribution in [2.45, 2.75) is 19.4 Å². The van der Waals surface area contributed by atoms with Crippen LogP contribution in [0.1, 0.15) is 22.2 Å². The summed E-state index contributed by atoms with van der Waals surface area (Å²) in [5.74, 6) is -0.737. The summed E-state index contributed by atoms with van der Waals surface area (Å²) in [6.07, 6.45) is 0.816. The highest BCUT2D eigenvalue weighted by Gasteiger charge is 2.31. The van der Waals surface area contributed by atoms with Gasteiger partial charge in [-0.05, 0) is 37.1 Å². The van der Waals surface area contributed by atoms with Crippen molar-refractivity contribution in [3.05, 3.63) is 51.2 Å². The highest BCUT2D eigenvalue weighted by molar-refractivity contribution is 7.17. The van der Waals surface area contributed by atoms with E-state index in [2.05, 4.69) is 0 Å². The number of rotatable bonds is 3. The van der Waals surface area contributed by atoms with Crippen LogP contribution in [-0.2, 0) is 16.0 Å². The van der Waals surface area contributed by atoms with E-state index in [1.807, 2.05) is 31.2 Å². The zero-order valence-corrected chi connectivity index (χ0v) is 13.5. The Morgan fingerprint density at radius 2 is 2.09 bits per heavy atom. The summed E-state index contributed by atoms with van der Waals surface area (Å²) in [6.45, 7) is 1.71. The molecule has 0 unspecified atom stereocenters. The predicted molar refractivity (Wildman–Crippen MR) is 86.7 cm³/mol. The second kappa shape index (κ2) is 6.10. The van der Waals surface area contributed by atoms with Crippen molar-refractivity contribution < 1.29 is 14.3 Å². The van der Waals surface area contributed by atoms with Crippen molar-refractivity contribution in [3.63, 3.8) is 0 Å². The molecule has 0 fully saturated rings. The SMILES string of the molecule is C[C@H]1Cc2ccccc2N1C(=O)COC(=O)c1ccc(Cl)s1. The van der Waals surface area contributed by atoms with Crippen LogP contribution in [0, 0.1) is 0 Å². The van der Waals surface area contributed by atoms with E-state index in [0.717, 1.165) is 29.0 Å². The third-order valence-electron chi connectivity index (χ3n) is 3.58. The van der Waals surface area contributed by atoms with Gasteiger partial charge in [0.15, 0.2) is 6.61 Å². The number of halogens is 1. The molecule has 2 aromatic rings. The number of carbonyl (C=O) groups excluding carboxylic acids is 2. The number of amides is 1. The second-order valence-corrected chi connectivity index (χ2v) is 6.84. The molecule has 0 saturated carbocycles. The lowest BCUT2D eigenvalue weighted by Crippen LogP contribution is -2.38. The summed E-state index contributed by atoms with van der Waals surface area (Å²) in [6, 6.07) is 11.1. The van der Waals surface area contributed by atoms with Crippen molar-refractivity contribution in [1.82, 2.24) is 0 Å². The summed E-state index contributed by atoms with van der Waals surface area (Å²) < 4.78 is 5.61. The molecule has 1 aromatic carbocycles. The molecule has 1 aliphatic rings. The Balaban J connectivity index is 1.66. The minimum Gasteiger partial charge on any atom is -0.451 e. The first-order chi connectivity index (χ1) is 10.6. The highest BCUT2D eigenvalue weighted by Crippen LogP contribution is 2.31. The summed E-state index contributed by atoms with van der Waals surface area (Å²) in [7, 11) is 0. The number of hydrogen-bond donors (Lipinski definition) is 0. The highest BCUT2D eigenvalue weighted by atomic mass is 35.5. The molecule has 0 spiro atoms. The fourth-order valence-electron chi connectivity index (χ4n) is 2.64. The number of esters is 1. The molecule has 2 heterocycles. The van der Waals surface area contributed by atoms with Gasteiger partial charge >= 0.3 is 5.97 Å². The largest absolute Gasteiger partial charge is 0.451 e. The van der Waals surface area contributed by atoms with Crippen molar-refractivity contribution in [1.29, 1.82) is 0 Å². The van der Waals surface area contributed by atoms with Crippen LogP contribution >= 0.6 is 22.9 Å². The van der Waals surface area contributed by atoms with Gasteiger partial charge < -0.3 is 9.64 Å². The Labute approximate surface area is 137 Å². The third kappa shape index (κ3) is 2.87. The average molecular weight is 336 g/mol. The molecule has 0 radical (unpaired) electrons. The van der Waals surface area contributed by atoms with Gasteiger partial charge in [-0.25, -0.2) is 4.79 Å². The quantitative estimate of drug-likeness (QED) is 0.806. The van der Waals surface area contributed by atoms with E-state index in [1.54, 1.807) is 17.0 Å². The van der Waals surface area contributed by atoms with Crippen LogP contribution in [0.25, 0.3) is 0 Å². The first kappa shape index (κ1) is 15.1. The summed E-state index contributed by atoms with van der Waals surface area (Å²) in [4.78, 5) is 26.3. The van der Waals surface area contributed by atoms with Crippen LogP contribution in [0.15, 0.2) is 36.4 Å². The third-order valence-corrected chi connectivity index (χ3v) is 4.79. The van der Waals surface area contributed by atoms with Crippen molar-refractivity contribution in [2.24, 2.45) is 0 Å². The number of benzene rings is 1. The molecule has 4 nitrogen and oxygen atoms in total. The van der Waals surface area contributed by atoms with Gasteiger partial charge in [-0.15, -0.1) is 11.3 Å². The van der Waals surface area contributed by atoms with Crippen LogP contribution in [0.5, 0.6) is 0 Å². The van der Waals surface area contributed by atoms with Gasteiger partial charge in [0.05, 0.1) is 4.34 Å². The molecular weight excluding hydrogens is 322 g/mol. The number of thiophene rings is 1. The minimum absolute atomic E-state index is 0.0692. The number of fused-ring (bicyclic) bond motifs is 1. The number of ether oxygens (including phenoxy) is 1. The number of hydrogen-bond acceptors (Lipinski definition) is 4. The number of para-hydroxylation sites is 1. The maximum atomic E-state index is 12.4. The lowest BCUT2D eigenvalue weighted by Gasteiger charge is -2.22. The zero-order valence-electron chi connectivity index (χ0n) is 11.9. The minimum atomic E-state index is -0.523. The van der Waals surface area contributed by atoms with Gasteiger partial charge in [0.2, 0.25) is 0 Å². The zero-order chi connectivity index (χ0) is 15.7. The number of carbonyl (C=O) groups is 2. The molecule has 0 N–H and O–H groups in total. The fourth-order valence-corrected chi connectivity index (χ4v) is 3.57. The van der Waals surface area contributed by atoms with E-state index < -0.39 is 5.97 Å². The Kier molecular flexibility index (Phi) is 4.18. The lowest BCUT2D eigenvalue weighted by atomic mass is 10.1. The van der Waals surface area contributed by atoms with Crippen molar-refractivity contribution in [3.8, 4) is 0 Å². The van der Waals surface area contributed by atoms with Crippen LogP contribution in [0.4, 0.5) is 5.69 Å².